The zero-order valence-corrected chi connectivity index (χ0v) is 34.0. The Morgan fingerprint density at radius 1 is 1.07 bits per heavy atom. The molecule has 1 amide bonds. The van der Waals surface area contributed by atoms with Gasteiger partial charge >= 0.3 is 0 Å². The number of nitrogens with zero attached hydrogens (tertiary/aromatic N) is 3. The predicted octanol–water partition coefficient (Wildman–Crippen LogP) is 8.48. The highest BCUT2D eigenvalue weighted by Crippen LogP contribution is 2.62. The third-order valence-electron chi connectivity index (χ3n) is 11.5. The van der Waals surface area contributed by atoms with Crippen LogP contribution in [0.3, 0.4) is 0 Å². The van der Waals surface area contributed by atoms with Crippen LogP contribution < -0.4 is 9.47 Å². The molecule has 0 spiro atoms. The number of likely N-dealkylation sites (N-methyl/N-ethyl adjacent to an activating group) is 1. The van der Waals surface area contributed by atoms with E-state index < -0.39 is 23.3 Å². The molecule has 6 unspecified atom stereocenters. The van der Waals surface area contributed by atoms with Crippen LogP contribution in [0, 0.1) is 34.9 Å². The number of aliphatic hydroxyl groups excluding tert-OH is 2. The van der Waals surface area contributed by atoms with E-state index in [1.165, 1.54) is 6.07 Å². The number of rotatable bonds is 17. The number of unbranched alkanes of at least 4 members (excludes halogenated alkanes) is 2. The third-order valence-corrected chi connectivity index (χ3v) is 11.5. The summed E-state index contributed by atoms with van der Waals surface area (Å²) in [6, 6.07) is 20.2. The number of oxime groups is 1. The van der Waals surface area contributed by atoms with Gasteiger partial charge in [0.05, 0.1) is 29.9 Å². The molecule has 58 heavy (non-hydrogen) atoms. The molecule has 3 aromatic carbocycles. The molecule has 11 heteroatoms. The van der Waals surface area contributed by atoms with Gasteiger partial charge in [-0.15, -0.1) is 6.58 Å². The van der Waals surface area contributed by atoms with E-state index in [4.69, 9.17) is 24.2 Å². The minimum Gasteiger partial charge on any atom is -0.489 e. The molecule has 6 atom stereocenters. The molecular weight excluding hydrogens is 738 g/mol. The summed E-state index contributed by atoms with van der Waals surface area (Å²) in [7, 11) is 1.74. The van der Waals surface area contributed by atoms with Crippen LogP contribution in [-0.2, 0) is 16.2 Å². The summed E-state index contributed by atoms with van der Waals surface area (Å²) in [5.74, 6) is -1.56. The van der Waals surface area contributed by atoms with E-state index in [2.05, 4.69) is 18.7 Å². The van der Waals surface area contributed by atoms with Gasteiger partial charge in [-0.25, -0.2) is 4.39 Å². The molecule has 308 valence electrons. The van der Waals surface area contributed by atoms with Crippen molar-refractivity contribution in [2.45, 2.75) is 95.7 Å². The lowest BCUT2D eigenvalue weighted by Gasteiger charge is -2.59. The van der Waals surface area contributed by atoms with Crippen LogP contribution >= 0.6 is 0 Å². The highest BCUT2D eigenvalue weighted by molar-refractivity contribution is 6.03. The molecule has 10 nitrogen and oxygen atoms in total. The predicted molar refractivity (Wildman–Crippen MR) is 220 cm³/mol. The van der Waals surface area contributed by atoms with E-state index in [-0.39, 0.29) is 62.3 Å². The van der Waals surface area contributed by atoms with Crippen molar-refractivity contribution < 1.29 is 38.4 Å². The molecule has 1 aliphatic heterocycles. The summed E-state index contributed by atoms with van der Waals surface area (Å²) in [4.78, 5) is 22.3. The number of aliphatic hydroxyl groups is 2. The Balaban J connectivity index is 1.56. The van der Waals surface area contributed by atoms with Crippen LogP contribution in [0.2, 0.25) is 0 Å². The second-order valence-electron chi connectivity index (χ2n) is 16.5. The maximum Gasteiger partial charge on any atom is 0.254 e. The zero-order valence-electron chi connectivity index (χ0n) is 34.0. The SMILES string of the molecule is C=CCOC12Oc3ccc(OCc4ccccc4F)cc3C3C(CCCCO)C(CCCCO)C=C(C(=NOC(C)(C)C)CC1N(C)C(=O)c1ccc(C#N)cc1)C32. The van der Waals surface area contributed by atoms with Crippen LogP contribution in [-0.4, -0.2) is 71.0 Å². The zero-order chi connectivity index (χ0) is 41.5. The smallest absolute Gasteiger partial charge is 0.254 e. The molecule has 0 aromatic heterocycles. The molecular formula is C47H56FN3O7. The number of carbonyl (C=O) groups is 1. The fraction of sp³-hybridized carbons (Fsp3) is 0.468. The first-order valence-corrected chi connectivity index (χ1v) is 20.3. The van der Waals surface area contributed by atoms with Crippen LogP contribution in [0.15, 0.2) is 96.2 Å². The number of ether oxygens (including phenoxy) is 3. The van der Waals surface area contributed by atoms with Crippen molar-refractivity contribution in [3.05, 3.63) is 119 Å². The number of fused-ring (bicyclic) bond motifs is 2. The Morgan fingerprint density at radius 3 is 2.47 bits per heavy atom. The molecule has 2 N–H and O–H groups in total. The number of halogens is 1. The summed E-state index contributed by atoms with van der Waals surface area (Å²) < 4.78 is 35.1. The average molecular weight is 794 g/mol. The molecule has 1 heterocycles. The van der Waals surface area contributed by atoms with Gasteiger partial charge in [-0.1, -0.05) is 48.3 Å². The Morgan fingerprint density at radius 2 is 1.79 bits per heavy atom. The van der Waals surface area contributed by atoms with Crippen molar-refractivity contribution in [1.82, 2.24) is 4.90 Å². The summed E-state index contributed by atoms with van der Waals surface area (Å²) in [6.07, 6.45) is 8.70. The van der Waals surface area contributed by atoms with Gasteiger partial charge in [0.2, 0.25) is 5.79 Å². The van der Waals surface area contributed by atoms with E-state index in [1.54, 1.807) is 60.5 Å². The van der Waals surface area contributed by atoms with Gasteiger partial charge in [0.25, 0.3) is 5.91 Å². The highest BCUT2D eigenvalue weighted by atomic mass is 19.1. The Hall–Kier alpha value is -5.02. The minimum absolute atomic E-state index is 0.0261. The lowest BCUT2D eigenvalue weighted by molar-refractivity contribution is -0.252. The molecule has 3 aromatic rings. The second kappa shape index (κ2) is 18.7. The average Bonchev–Trinajstić information content (AvgIpc) is 3.22. The van der Waals surface area contributed by atoms with Gasteiger partial charge in [-0.05, 0) is 112 Å². The van der Waals surface area contributed by atoms with Crippen molar-refractivity contribution in [1.29, 1.82) is 5.26 Å². The van der Waals surface area contributed by atoms with Gasteiger partial charge in [0.15, 0.2) is 0 Å². The van der Waals surface area contributed by atoms with E-state index in [1.807, 2.05) is 39.0 Å². The summed E-state index contributed by atoms with van der Waals surface area (Å²) in [5.41, 5.74) is 3.19. The molecule has 0 radical (unpaired) electrons. The van der Waals surface area contributed by atoms with Crippen LogP contribution in [0.5, 0.6) is 11.5 Å². The molecule has 6 rings (SSSR count). The van der Waals surface area contributed by atoms with E-state index in [0.29, 0.717) is 46.7 Å². The number of nitriles is 1. The first-order chi connectivity index (χ1) is 27.9. The van der Waals surface area contributed by atoms with E-state index >= 15 is 0 Å². The van der Waals surface area contributed by atoms with Crippen LogP contribution in [0.4, 0.5) is 4.39 Å². The number of hydrogen-bond donors (Lipinski definition) is 2. The second-order valence-corrected chi connectivity index (χ2v) is 16.5. The molecule has 0 saturated heterocycles. The Labute approximate surface area is 341 Å². The monoisotopic (exact) mass is 793 g/mol. The third kappa shape index (κ3) is 9.15. The largest absolute Gasteiger partial charge is 0.489 e. The minimum atomic E-state index is -1.42. The van der Waals surface area contributed by atoms with E-state index in [9.17, 15) is 24.7 Å². The lowest BCUT2D eigenvalue weighted by Crippen LogP contribution is -2.69. The van der Waals surface area contributed by atoms with Crippen molar-refractivity contribution in [3.8, 4) is 17.6 Å². The molecule has 1 saturated carbocycles. The lowest BCUT2D eigenvalue weighted by atomic mass is 9.55. The normalized spacial score (nSPS) is 24.1. The van der Waals surface area contributed by atoms with Gasteiger partial charge in [-0.2, -0.15) is 5.26 Å². The fourth-order valence-corrected chi connectivity index (χ4v) is 8.82. The quantitative estimate of drug-likeness (QED) is 0.0790. The topological polar surface area (TPSA) is 134 Å². The van der Waals surface area contributed by atoms with Crippen LogP contribution in [0.25, 0.3) is 0 Å². The number of carbonyl (C=O) groups excluding carboxylic acids is 1. The first kappa shape index (κ1) is 42.6. The van der Waals surface area contributed by atoms with Crippen LogP contribution in [0.1, 0.15) is 98.7 Å². The standard InChI is InChI=1S/C47H56FN3O7/c1-6-25-56-47-42(51(5)45(54)32-19-17-31(29-49)18-20-32)28-40(50-58-46(2,3)4)37-26-33(13-9-11-23-52)36(15-10-12-24-53)43(44(37)47)38-27-35(21-22-41(38)57-47)55-30-34-14-7-8-16-39(34)48/h6-8,14,16-22,26-27,33,36,42-44,52-53H,1,9-13,15,23-25,28,30H2,2-5H3. The van der Waals surface area contributed by atoms with Crippen molar-refractivity contribution >= 4 is 11.6 Å². The van der Waals surface area contributed by atoms with E-state index in [0.717, 1.165) is 36.8 Å². The van der Waals surface area contributed by atoms with Crippen molar-refractivity contribution in [2.24, 2.45) is 22.9 Å². The van der Waals surface area contributed by atoms with Gasteiger partial charge in [-0.3, -0.25) is 4.79 Å². The molecule has 0 bridgehead atoms. The molecule has 3 aliphatic rings. The highest BCUT2D eigenvalue weighted by Gasteiger charge is 2.65. The van der Waals surface area contributed by atoms with Gasteiger partial charge in [0, 0.05) is 49.3 Å². The first-order valence-electron chi connectivity index (χ1n) is 20.3. The number of benzene rings is 3. The molecule has 1 fully saturated rings. The number of amides is 1. The Kier molecular flexibility index (Phi) is 13.7. The Bertz CT molecular complexity index is 2020. The molecule has 2 aliphatic carbocycles. The number of allylic oxidation sites excluding steroid dienone is 1. The summed E-state index contributed by atoms with van der Waals surface area (Å²) in [6.45, 7) is 10.1. The number of hydrogen-bond acceptors (Lipinski definition) is 9. The maximum absolute atomic E-state index is 14.7. The van der Waals surface area contributed by atoms with Crippen molar-refractivity contribution in [2.75, 3.05) is 26.9 Å². The summed E-state index contributed by atoms with van der Waals surface area (Å²) in [5, 5.41) is 34.0. The van der Waals surface area contributed by atoms with Gasteiger partial charge < -0.3 is 34.2 Å². The van der Waals surface area contributed by atoms with Gasteiger partial charge in [0.1, 0.15) is 35.6 Å². The maximum atomic E-state index is 14.7. The summed E-state index contributed by atoms with van der Waals surface area (Å²) >= 11 is 0. The van der Waals surface area contributed by atoms with Crippen molar-refractivity contribution in [3.63, 3.8) is 0 Å². The fourth-order valence-electron chi connectivity index (χ4n) is 8.82.